The molecule has 3 N–H and O–H groups in total. The van der Waals surface area contributed by atoms with E-state index in [0.29, 0.717) is 41.8 Å². The minimum Gasteiger partial charge on any atom is -0.493 e. The second-order valence-corrected chi connectivity index (χ2v) is 14.9. The molecule has 0 radical (unpaired) electrons. The van der Waals surface area contributed by atoms with Crippen LogP contribution in [0, 0.1) is 18.3 Å². The summed E-state index contributed by atoms with van der Waals surface area (Å²) < 4.78 is 19.3. The van der Waals surface area contributed by atoms with E-state index in [-0.39, 0.29) is 18.8 Å². The lowest BCUT2D eigenvalue weighted by Crippen LogP contribution is -2.36. The van der Waals surface area contributed by atoms with Gasteiger partial charge in [-0.3, -0.25) is 4.98 Å². The van der Waals surface area contributed by atoms with Crippen LogP contribution in [-0.4, -0.2) is 64.6 Å². The first-order valence-corrected chi connectivity index (χ1v) is 18.6. The summed E-state index contributed by atoms with van der Waals surface area (Å²) >= 11 is 6.87. The van der Waals surface area contributed by atoms with Crippen molar-refractivity contribution in [2.75, 3.05) is 32.8 Å². The number of aliphatic hydroxyl groups is 2. The van der Waals surface area contributed by atoms with Gasteiger partial charge >= 0.3 is 0 Å². The number of fused-ring (bicyclic) bond motifs is 1. The fraction of sp³-hybridized carbons (Fsp3) is 0.429. The fourth-order valence-electron chi connectivity index (χ4n) is 7.05. The van der Waals surface area contributed by atoms with Crippen molar-refractivity contribution in [3.63, 3.8) is 0 Å². The maximum Gasteiger partial charge on any atom is 0.142 e. The molecule has 0 amide bonds. The smallest absolute Gasteiger partial charge is 0.142 e. The van der Waals surface area contributed by atoms with E-state index in [2.05, 4.69) is 58.5 Å². The van der Waals surface area contributed by atoms with Gasteiger partial charge < -0.3 is 34.6 Å². The zero-order chi connectivity index (χ0) is 36.7. The van der Waals surface area contributed by atoms with Crippen LogP contribution in [-0.2, 0) is 19.6 Å². The molecule has 0 bridgehead atoms. The van der Waals surface area contributed by atoms with Crippen LogP contribution in [0.15, 0.2) is 67.0 Å². The van der Waals surface area contributed by atoms with Gasteiger partial charge in [-0.05, 0) is 98.9 Å². The van der Waals surface area contributed by atoms with Gasteiger partial charge in [0, 0.05) is 62.3 Å². The van der Waals surface area contributed by atoms with Gasteiger partial charge in [0.15, 0.2) is 0 Å². The van der Waals surface area contributed by atoms with Crippen LogP contribution >= 0.6 is 11.6 Å². The van der Waals surface area contributed by atoms with Crippen LogP contribution in [0.4, 0.5) is 0 Å². The third-order valence-electron chi connectivity index (χ3n) is 9.80. The lowest BCUT2D eigenvalue weighted by Gasteiger charge is -2.29. The van der Waals surface area contributed by atoms with Gasteiger partial charge in [0.1, 0.15) is 36.0 Å². The summed E-state index contributed by atoms with van der Waals surface area (Å²) in [7, 11) is 0. The highest BCUT2D eigenvalue weighted by Gasteiger charge is 2.28. The number of halogens is 1. The molecule has 52 heavy (non-hydrogen) atoms. The largest absolute Gasteiger partial charge is 0.493 e. The number of pyridine rings is 1. The molecule has 2 aliphatic rings. The molecule has 0 saturated carbocycles. The molecule has 0 spiro atoms. The number of rotatable bonds is 15. The molecule has 1 atom stereocenters. The second kappa shape index (κ2) is 17.1. The summed E-state index contributed by atoms with van der Waals surface area (Å²) in [5.41, 5.74) is 7.06. The van der Waals surface area contributed by atoms with Gasteiger partial charge in [-0.25, -0.2) is 0 Å². The maximum absolute atomic E-state index is 10.2. The normalized spacial score (nSPS) is 16.4. The number of aromatic nitrogens is 1. The van der Waals surface area contributed by atoms with Crippen molar-refractivity contribution in [1.29, 1.82) is 5.26 Å². The van der Waals surface area contributed by atoms with Crippen molar-refractivity contribution in [3.8, 4) is 34.4 Å². The number of likely N-dealkylation sites (tertiary alicyclic amines) is 1. The molecule has 9 nitrogen and oxygen atoms in total. The van der Waals surface area contributed by atoms with Gasteiger partial charge in [-0.2, -0.15) is 5.26 Å². The van der Waals surface area contributed by atoms with Crippen molar-refractivity contribution >= 4 is 11.6 Å². The first-order chi connectivity index (χ1) is 25.1. The van der Waals surface area contributed by atoms with Gasteiger partial charge in [0.2, 0.25) is 0 Å². The van der Waals surface area contributed by atoms with E-state index in [9.17, 15) is 15.5 Å². The average Bonchev–Trinajstić information content (AvgIpc) is 3.54. The van der Waals surface area contributed by atoms with Crippen molar-refractivity contribution in [2.24, 2.45) is 0 Å². The number of hydrogen-bond donors (Lipinski definition) is 3. The first-order valence-electron chi connectivity index (χ1n) is 18.2. The molecule has 1 aliphatic heterocycles. The molecule has 4 aromatic rings. The van der Waals surface area contributed by atoms with Crippen LogP contribution < -0.4 is 19.5 Å². The Kier molecular flexibility index (Phi) is 12.4. The quantitative estimate of drug-likeness (QED) is 0.108. The summed E-state index contributed by atoms with van der Waals surface area (Å²) in [5.74, 6) is 2.03. The third-order valence-corrected chi connectivity index (χ3v) is 10.1. The predicted molar refractivity (Wildman–Crippen MR) is 203 cm³/mol. The summed E-state index contributed by atoms with van der Waals surface area (Å²) in [6.45, 7) is 10.2. The number of benzene rings is 3. The Hall–Kier alpha value is -4.17. The monoisotopic (exact) mass is 724 g/mol. The molecule has 3 aromatic carbocycles. The lowest BCUT2D eigenvalue weighted by molar-refractivity contribution is 0.0792. The Morgan fingerprint density at radius 3 is 2.58 bits per heavy atom. The van der Waals surface area contributed by atoms with Gasteiger partial charge in [0.25, 0.3) is 0 Å². The Bertz CT molecular complexity index is 1880. The van der Waals surface area contributed by atoms with E-state index in [0.717, 1.165) is 85.3 Å². The lowest BCUT2D eigenvalue weighted by atomic mass is 9.93. The molecule has 1 aromatic heterocycles. The Morgan fingerprint density at radius 1 is 1.00 bits per heavy atom. The Morgan fingerprint density at radius 2 is 1.79 bits per heavy atom. The minimum atomic E-state index is -0.877. The van der Waals surface area contributed by atoms with Crippen molar-refractivity contribution in [2.45, 2.75) is 83.8 Å². The van der Waals surface area contributed by atoms with Crippen LogP contribution in [0.1, 0.15) is 79.0 Å². The summed E-state index contributed by atoms with van der Waals surface area (Å²) in [5, 5.41) is 33.1. The third kappa shape index (κ3) is 9.62. The van der Waals surface area contributed by atoms with Crippen molar-refractivity contribution in [3.05, 3.63) is 105 Å². The number of ether oxygens (including phenoxy) is 3. The SMILES string of the molecule is Cc1c(OCCCN2CCC(O)CC2)cccc1-c1cccc2c1CC[C@@H]2Oc1cc(OCc2cncc(C#N)c2)c(CNCC(C)(C)O)cc1Cl. The van der Waals surface area contributed by atoms with E-state index >= 15 is 0 Å². The minimum absolute atomic E-state index is 0.153. The molecule has 2 heterocycles. The maximum atomic E-state index is 10.2. The van der Waals surface area contributed by atoms with Crippen LogP contribution in [0.5, 0.6) is 17.2 Å². The molecule has 274 valence electrons. The first kappa shape index (κ1) is 37.6. The van der Waals surface area contributed by atoms with E-state index in [4.69, 9.17) is 25.8 Å². The molecule has 0 unspecified atom stereocenters. The van der Waals surface area contributed by atoms with E-state index in [1.165, 1.54) is 17.3 Å². The summed E-state index contributed by atoms with van der Waals surface area (Å²) in [6.07, 6.45) is 7.19. The van der Waals surface area contributed by atoms with Gasteiger partial charge in [-0.15, -0.1) is 0 Å². The molecule has 1 saturated heterocycles. The predicted octanol–water partition coefficient (Wildman–Crippen LogP) is 7.31. The van der Waals surface area contributed by atoms with Crippen LogP contribution in [0.25, 0.3) is 11.1 Å². The molecule has 6 rings (SSSR count). The van der Waals surface area contributed by atoms with Crippen LogP contribution in [0.2, 0.25) is 5.02 Å². The Labute approximate surface area is 312 Å². The highest BCUT2D eigenvalue weighted by atomic mass is 35.5. The summed E-state index contributed by atoms with van der Waals surface area (Å²) in [6, 6.07) is 20.3. The number of nitriles is 1. The zero-order valence-electron chi connectivity index (χ0n) is 30.3. The number of nitrogens with zero attached hydrogens (tertiary/aromatic N) is 3. The Balaban J connectivity index is 1.17. The zero-order valence-corrected chi connectivity index (χ0v) is 31.1. The molecule has 1 aliphatic carbocycles. The van der Waals surface area contributed by atoms with Crippen molar-refractivity contribution in [1.82, 2.24) is 15.2 Å². The standard InChI is InChI=1S/C42H49ClN4O5/c1-28-33(7-5-10-38(28)50-18-6-15-47-16-13-32(48)14-17-47)34-8-4-9-36-35(34)11-12-39(36)52-41-21-40(51-26-30-19-29(22-44)23-45-24-30)31(20-37(41)43)25-46-27-42(2,3)49/h4-5,7-10,19-21,23-24,32,39,46,48-49H,6,11-18,25-27H2,1-3H3/t39-/m0/s1. The van der Waals surface area contributed by atoms with Gasteiger partial charge in [-0.1, -0.05) is 41.9 Å². The van der Waals surface area contributed by atoms with E-state index in [1.807, 2.05) is 18.2 Å². The fourth-order valence-corrected chi connectivity index (χ4v) is 7.28. The second-order valence-electron chi connectivity index (χ2n) is 14.5. The highest BCUT2D eigenvalue weighted by molar-refractivity contribution is 6.32. The molecular formula is C42H49ClN4O5. The number of aliphatic hydroxyl groups excluding tert-OH is 1. The number of hydrogen-bond acceptors (Lipinski definition) is 9. The van der Waals surface area contributed by atoms with E-state index < -0.39 is 5.60 Å². The molecule has 10 heteroatoms. The topological polar surface area (TPSA) is 120 Å². The molecule has 1 fully saturated rings. The highest BCUT2D eigenvalue weighted by Crippen LogP contribution is 2.44. The van der Waals surface area contributed by atoms with Crippen molar-refractivity contribution < 1.29 is 24.4 Å². The van der Waals surface area contributed by atoms with Crippen LogP contribution in [0.3, 0.4) is 0 Å². The summed E-state index contributed by atoms with van der Waals surface area (Å²) in [4.78, 5) is 6.57. The van der Waals surface area contributed by atoms with Gasteiger partial charge in [0.05, 0.1) is 28.9 Å². The molecular weight excluding hydrogens is 676 g/mol. The average molecular weight is 725 g/mol. The van der Waals surface area contributed by atoms with E-state index in [1.54, 1.807) is 26.1 Å². The number of piperidine rings is 1. The number of nitrogens with one attached hydrogen (secondary N) is 1.